The van der Waals surface area contributed by atoms with Gasteiger partial charge in [0.15, 0.2) is 0 Å². The van der Waals surface area contributed by atoms with Crippen molar-refractivity contribution in [2.24, 2.45) is 0 Å². The average molecular weight is 278 g/mol. The normalized spacial score (nSPS) is 12.4. The van der Waals surface area contributed by atoms with Crippen LogP contribution in [-0.4, -0.2) is 29.6 Å². The van der Waals surface area contributed by atoms with Gasteiger partial charge in [0.1, 0.15) is 4.90 Å². The summed E-state index contributed by atoms with van der Waals surface area (Å²) in [6.45, 7) is 1.47. The van der Waals surface area contributed by atoms with E-state index in [1.165, 1.54) is 32.2 Å². The van der Waals surface area contributed by atoms with Gasteiger partial charge in [-0.3, -0.25) is 4.72 Å². The molecule has 0 unspecified atom stereocenters. The summed E-state index contributed by atoms with van der Waals surface area (Å²) >= 11 is 0. The monoisotopic (exact) mass is 278 g/mol. The molecule has 6 nitrogen and oxygen atoms in total. The Balaban J connectivity index is 3.28. The predicted molar refractivity (Wildman–Crippen MR) is 65.8 cm³/mol. The standard InChI is InChI=1S/C9H14N2O4S2/c1-3-16(12,13)11-8-6-4-5-7-9(8)17(14,15)10-2/h4-7,10-11H,3H2,1-2H3. The maximum absolute atomic E-state index is 11.6. The van der Waals surface area contributed by atoms with E-state index in [4.69, 9.17) is 0 Å². The van der Waals surface area contributed by atoms with Crippen LogP contribution in [0.1, 0.15) is 6.92 Å². The quantitative estimate of drug-likeness (QED) is 0.813. The van der Waals surface area contributed by atoms with Crippen LogP contribution in [0.25, 0.3) is 0 Å². The van der Waals surface area contributed by atoms with Crippen LogP contribution in [0.3, 0.4) is 0 Å². The van der Waals surface area contributed by atoms with Crippen LogP contribution in [0.5, 0.6) is 0 Å². The minimum atomic E-state index is -3.69. The third-order valence-electron chi connectivity index (χ3n) is 2.09. The number of sulfonamides is 2. The minimum Gasteiger partial charge on any atom is -0.282 e. The second kappa shape index (κ2) is 5.03. The van der Waals surface area contributed by atoms with Gasteiger partial charge in [-0.15, -0.1) is 0 Å². The number of anilines is 1. The molecule has 2 N–H and O–H groups in total. The van der Waals surface area contributed by atoms with E-state index in [9.17, 15) is 16.8 Å². The molecule has 0 aromatic heterocycles. The molecule has 0 atom stereocenters. The van der Waals surface area contributed by atoms with Gasteiger partial charge in [-0.1, -0.05) is 12.1 Å². The van der Waals surface area contributed by atoms with E-state index >= 15 is 0 Å². The molecule has 0 aliphatic heterocycles. The Labute approximate surface area is 101 Å². The van der Waals surface area contributed by atoms with Crippen molar-refractivity contribution in [3.8, 4) is 0 Å². The van der Waals surface area contributed by atoms with E-state index < -0.39 is 20.0 Å². The second-order valence-corrected chi connectivity index (χ2v) is 7.08. The van der Waals surface area contributed by atoms with Crippen LogP contribution in [0.2, 0.25) is 0 Å². The largest absolute Gasteiger partial charge is 0.282 e. The van der Waals surface area contributed by atoms with Crippen molar-refractivity contribution in [1.82, 2.24) is 4.72 Å². The van der Waals surface area contributed by atoms with E-state index in [0.717, 1.165) is 0 Å². The van der Waals surface area contributed by atoms with Gasteiger partial charge in [-0.05, 0) is 26.1 Å². The highest BCUT2D eigenvalue weighted by Crippen LogP contribution is 2.21. The highest BCUT2D eigenvalue weighted by molar-refractivity contribution is 7.93. The molecule has 0 saturated carbocycles. The van der Waals surface area contributed by atoms with Gasteiger partial charge >= 0.3 is 0 Å². The number of rotatable bonds is 5. The van der Waals surface area contributed by atoms with Crippen LogP contribution < -0.4 is 9.44 Å². The van der Waals surface area contributed by atoms with Gasteiger partial charge in [-0.25, -0.2) is 21.6 Å². The lowest BCUT2D eigenvalue weighted by Gasteiger charge is -2.11. The highest BCUT2D eigenvalue weighted by atomic mass is 32.2. The van der Waals surface area contributed by atoms with Crippen molar-refractivity contribution >= 4 is 25.7 Å². The van der Waals surface area contributed by atoms with Gasteiger partial charge in [0.05, 0.1) is 11.4 Å². The van der Waals surface area contributed by atoms with Crippen molar-refractivity contribution in [2.75, 3.05) is 17.5 Å². The van der Waals surface area contributed by atoms with Gasteiger partial charge in [0, 0.05) is 0 Å². The highest BCUT2D eigenvalue weighted by Gasteiger charge is 2.18. The molecule has 17 heavy (non-hydrogen) atoms. The van der Waals surface area contributed by atoms with E-state index in [-0.39, 0.29) is 16.3 Å². The van der Waals surface area contributed by atoms with Gasteiger partial charge in [0.25, 0.3) is 0 Å². The molecular weight excluding hydrogens is 264 g/mol. The summed E-state index contributed by atoms with van der Waals surface area (Å²) in [6.07, 6.45) is 0. The molecule has 1 rings (SSSR count). The molecule has 0 saturated heterocycles. The van der Waals surface area contributed by atoms with Crippen LogP contribution in [0.15, 0.2) is 29.2 Å². The molecule has 96 valence electrons. The molecule has 0 bridgehead atoms. The number of para-hydroxylation sites is 1. The molecule has 0 heterocycles. The summed E-state index contributed by atoms with van der Waals surface area (Å²) in [4.78, 5) is -0.0977. The molecule has 0 spiro atoms. The summed E-state index contributed by atoms with van der Waals surface area (Å²) < 4.78 is 50.5. The van der Waals surface area contributed by atoms with Crippen LogP contribution in [-0.2, 0) is 20.0 Å². The number of hydrogen-bond acceptors (Lipinski definition) is 4. The molecular formula is C9H14N2O4S2. The van der Waals surface area contributed by atoms with Crippen molar-refractivity contribution < 1.29 is 16.8 Å². The zero-order valence-corrected chi connectivity index (χ0v) is 11.1. The first-order valence-corrected chi connectivity index (χ1v) is 7.99. The Morgan fingerprint density at radius 2 is 1.71 bits per heavy atom. The summed E-state index contributed by atoms with van der Waals surface area (Å²) in [6, 6.07) is 5.81. The van der Waals surface area contributed by atoms with Gasteiger partial charge < -0.3 is 0 Å². The fourth-order valence-corrected chi connectivity index (χ4v) is 2.74. The lowest BCUT2D eigenvalue weighted by Crippen LogP contribution is -2.22. The molecule has 0 aliphatic carbocycles. The fraction of sp³-hybridized carbons (Fsp3) is 0.333. The van der Waals surface area contributed by atoms with Gasteiger partial charge in [-0.2, -0.15) is 0 Å². The van der Waals surface area contributed by atoms with Crippen molar-refractivity contribution in [2.45, 2.75) is 11.8 Å². The molecule has 0 amide bonds. The average Bonchev–Trinajstić information content (AvgIpc) is 2.29. The molecule has 1 aromatic rings. The van der Waals surface area contributed by atoms with Crippen molar-refractivity contribution in [3.05, 3.63) is 24.3 Å². The Morgan fingerprint density at radius 1 is 1.12 bits per heavy atom. The van der Waals surface area contributed by atoms with E-state index in [1.54, 1.807) is 6.07 Å². The Kier molecular flexibility index (Phi) is 4.12. The fourth-order valence-electron chi connectivity index (χ4n) is 1.13. The van der Waals surface area contributed by atoms with Crippen molar-refractivity contribution in [3.63, 3.8) is 0 Å². The number of hydrogen-bond donors (Lipinski definition) is 2. The maximum atomic E-state index is 11.6. The summed E-state index contributed by atoms with van der Waals surface area (Å²) in [5.41, 5.74) is 0.0451. The van der Waals surface area contributed by atoms with E-state index in [2.05, 4.69) is 9.44 Å². The number of benzene rings is 1. The Bertz CT molecular complexity index is 593. The molecule has 0 radical (unpaired) electrons. The molecule has 0 aliphatic rings. The maximum Gasteiger partial charge on any atom is 0.242 e. The summed E-state index contributed by atoms with van der Waals surface area (Å²) in [5.74, 6) is -0.124. The third kappa shape index (κ3) is 3.42. The minimum absolute atomic E-state index is 0.0451. The first-order valence-electron chi connectivity index (χ1n) is 4.85. The molecule has 0 fully saturated rings. The predicted octanol–water partition coefficient (Wildman–Crippen LogP) is 0.356. The smallest absolute Gasteiger partial charge is 0.242 e. The first kappa shape index (κ1) is 13.9. The first-order chi connectivity index (χ1) is 7.82. The zero-order chi connectivity index (χ0) is 13.1. The van der Waals surface area contributed by atoms with Crippen LogP contribution in [0.4, 0.5) is 5.69 Å². The summed E-state index contributed by atoms with van der Waals surface area (Å²) in [7, 11) is -5.93. The van der Waals surface area contributed by atoms with Crippen LogP contribution >= 0.6 is 0 Å². The third-order valence-corrected chi connectivity index (χ3v) is 4.85. The lowest BCUT2D eigenvalue weighted by molar-refractivity contribution is 0.588. The molecule has 8 heteroatoms. The summed E-state index contributed by atoms with van der Waals surface area (Å²) in [5, 5.41) is 0. The van der Waals surface area contributed by atoms with E-state index in [0.29, 0.717) is 0 Å². The van der Waals surface area contributed by atoms with Crippen molar-refractivity contribution in [1.29, 1.82) is 0 Å². The topological polar surface area (TPSA) is 92.3 Å². The van der Waals surface area contributed by atoms with Crippen LogP contribution in [0, 0.1) is 0 Å². The molecule has 1 aromatic carbocycles. The Morgan fingerprint density at radius 3 is 2.24 bits per heavy atom. The number of nitrogens with one attached hydrogen (secondary N) is 2. The Hall–Kier alpha value is -1.12. The zero-order valence-electron chi connectivity index (χ0n) is 9.47. The second-order valence-electron chi connectivity index (χ2n) is 3.21. The van der Waals surface area contributed by atoms with Gasteiger partial charge in [0.2, 0.25) is 20.0 Å². The SMILES string of the molecule is CCS(=O)(=O)Nc1ccccc1S(=O)(=O)NC. The van der Waals surface area contributed by atoms with E-state index in [1.807, 2.05) is 0 Å². The lowest BCUT2D eigenvalue weighted by atomic mass is 10.3.